The Kier molecular flexibility index (Phi) is 3.35. The van der Waals surface area contributed by atoms with Gasteiger partial charge in [0.05, 0.1) is 5.52 Å². The van der Waals surface area contributed by atoms with E-state index < -0.39 is 17.2 Å². The standard InChI is InChI=1S/C15H11F2N3O/c16-11-5-4-10-9(7-13(21)20-15(10)14(11)17)8-19-12-3-1-2-6-18-12/h1-7H,8H2,(H,18,19)(H,20,21). The average Bonchev–Trinajstić information content (AvgIpc) is 2.50. The summed E-state index contributed by atoms with van der Waals surface area (Å²) in [5.74, 6) is -1.41. The number of nitrogens with one attached hydrogen (secondary N) is 2. The SMILES string of the molecule is O=c1cc(CNc2ccccn2)c2ccc(F)c(F)c2[nH]1. The predicted octanol–water partition coefficient (Wildman–Crippen LogP) is 2.81. The summed E-state index contributed by atoms with van der Waals surface area (Å²) in [5.41, 5.74) is -0.0385. The van der Waals surface area contributed by atoms with Gasteiger partial charge in [0.1, 0.15) is 5.82 Å². The Labute approximate surface area is 118 Å². The highest BCUT2D eigenvalue weighted by atomic mass is 19.2. The summed E-state index contributed by atoms with van der Waals surface area (Å²) in [6.45, 7) is 0.280. The second-order valence-corrected chi connectivity index (χ2v) is 4.51. The Morgan fingerprint density at radius 2 is 2.05 bits per heavy atom. The van der Waals surface area contributed by atoms with Gasteiger partial charge in [-0.05, 0) is 29.8 Å². The molecule has 106 valence electrons. The molecule has 0 atom stereocenters. The van der Waals surface area contributed by atoms with Crippen molar-refractivity contribution in [3.8, 4) is 0 Å². The number of rotatable bonds is 3. The highest BCUT2D eigenvalue weighted by Gasteiger charge is 2.11. The number of anilines is 1. The van der Waals surface area contributed by atoms with E-state index in [1.807, 2.05) is 6.07 Å². The molecule has 6 heteroatoms. The van der Waals surface area contributed by atoms with Crippen molar-refractivity contribution < 1.29 is 8.78 Å². The lowest BCUT2D eigenvalue weighted by Gasteiger charge is -2.09. The normalized spacial score (nSPS) is 10.8. The zero-order valence-corrected chi connectivity index (χ0v) is 10.9. The van der Waals surface area contributed by atoms with E-state index in [1.54, 1.807) is 18.3 Å². The van der Waals surface area contributed by atoms with Gasteiger partial charge in [0.2, 0.25) is 5.56 Å². The maximum Gasteiger partial charge on any atom is 0.248 e. The van der Waals surface area contributed by atoms with Crippen LogP contribution in [0, 0.1) is 11.6 Å². The molecule has 2 N–H and O–H groups in total. The smallest absolute Gasteiger partial charge is 0.248 e. The highest BCUT2D eigenvalue weighted by molar-refractivity contribution is 5.82. The van der Waals surface area contributed by atoms with E-state index in [0.717, 1.165) is 6.07 Å². The van der Waals surface area contributed by atoms with Gasteiger partial charge < -0.3 is 10.3 Å². The first-order chi connectivity index (χ1) is 10.1. The van der Waals surface area contributed by atoms with Gasteiger partial charge in [0.15, 0.2) is 11.6 Å². The Morgan fingerprint density at radius 1 is 1.19 bits per heavy atom. The molecule has 0 aliphatic carbocycles. The van der Waals surface area contributed by atoms with Crippen LogP contribution in [0.4, 0.5) is 14.6 Å². The molecule has 0 bridgehead atoms. The third kappa shape index (κ3) is 2.60. The molecule has 0 amide bonds. The van der Waals surface area contributed by atoms with E-state index in [1.165, 1.54) is 12.1 Å². The largest absolute Gasteiger partial charge is 0.366 e. The minimum atomic E-state index is -1.05. The van der Waals surface area contributed by atoms with E-state index in [4.69, 9.17) is 0 Å². The average molecular weight is 287 g/mol. The van der Waals surface area contributed by atoms with Crippen molar-refractivity contribution in [2.45, 2.75) is 6.54 Å². The summed E-state index contributed by atoms with van der Waals surface area (Å²) in [7, 11) is 0. The zero-order chi connectivity index (χ0) is 14.8. The van der Waals surface area contributed by atoms with Gasteiger partial charge in [0.25, 0.3) is 0 Å². The van der Waals surface area contributed by atoms with Crippen LogP contribution >= 0.6 is 0 Å². The fourth-order valence-corrected chi connectivity index (χ4v) is 2.14. The zero-order valence-electron chi connectivity index (χ0n) is 10.9. The third-order valence-electron chi connectivity index (χ3n) is 3.12. The third-order valence-corrected chi connectivity index (χ3v) is 3.12. The Balaban J connectivity index is 2.02. The molecule has 0 radical (unpaired) electrons. The lowest BCUT2D eigenvalue weighted by molar-refractivity contribution is 0.515. The van der Waals surface area contributed by atoms with Crippen LogP contribution in [0.5, 0.6) is 0 Å². The molecule has 21 heavy (non-hydrogen) atoms. The molecular formula is C15H11F2N3O. The van der Waals surface area contributed by atoms with Crippen LogP contribution in [-0.2, 0) is 6.54 Å². The number of hydrogen-bond acceptors (Lipinski definition) is 3. The number of fused-ring (bicyclic) bond motifs is 1. The van der Waals surface area contributed by atoms with Gasteiger partial charge in [-0.25, -0.2) is 13.8 Å². The maximum absolute atomic E-state index is 13.7. The number of H-pyrrole nitrogens is 1. The first kappa shape index (κ1) is 13.2. The van der Waals surface area contributed by atoms with Crippen molar-refractivity contribution in [3.63, 3.8) is 0 Å². The van der Waals surface area contributed by atoms with Crippen molar-refractivity contribution in [2.75, 3.05) is 5.32 Å². The molecule has 3 rings (SSSR count). The van der Waals surface area contributed by atoms with Crippen molar-refractivity contribution in [2.24, 2.45) is 0 Å². The summed E-state index contributed by atoms with van der Waals surface area (Å²) in [6, 6.07) is 9.22. The van der Waals surface area contributed by atoms with Gasteiger partial charge in [-0.15, -0.1) is 0 Å². The predicted molar refractivity (Wildman–Crippen MR) is 76.0 cm³/mol. The molecule has 0 unspecified atom stereocenters. The minimum absolute atomic E-state index is 0.125. The van der Waals surface area contributed by atoms with Crippen molar-refractivity contribution in [1.82, 2.24) is 9.97 Å². The second-order valence-electron chi connectivity index (χ2n) is 4.51. The van der Waals surface area contributed by atoms with Gasteiger partial charge in [-0.1, -0.05) is 6.07 Å². The van der Waals surface area contributed by atoms with Crippen LogP contribution in [0.3, 0.4) is 0 Å². The fourth-order valence-electron chi connectivity index (χ4n) is 2.14. The van der Waals surface area contributed by atoms with Crippen molar-refractivity contribution in [1.29, 1.82) is 0 Å². The fraction of sp³-hybridized carbons (Fsp3) is 0.0667. The Hall–Kier alpha value is -2.76. The van der Waals surface area contributed by atoms with E-state index in [0.29, 0.717) is 16.8 Å². The molecule has 0 aliphatic heterocycles. The summed E-state index contributed by atoms with van der Waals surface area (Å²) < 4.78 is 27.0. The van der Waals surface area contributed by atoms with Crippen LogP contribution in [0.1, 0.15) is 5.56 Å². The molecule has 3 aromatic rings. The number of hydrogen-bond donors (Lipinski definition) is 2. The number of nitrogens with zero attached hydrogens (tertiary/aromatic N) is 1. The number of aromatic amines is 1. The van der Waals surface area contributed by atoms with Gasteiger partial charge in [0, 0.05) is 24.2 Å². The summed E-state index contributed by atoms with van der Waals surface area (Å²) in [6.07, 6.45) is 1.63. The van der Waals surface area contributed by atoms with E-state index in [-0.39, 0.29) is 12.1 Å². The Bertz CT molecular complexity index is 847. The van der Waals surface area contributed by atoms with E-state index in [2.05, 4.69) is 15.3 Å². The molecule has 0 fully saturated rings. The number of halogens is 2. The first-order valence-electron chi connectivity index (χ1n) is 6.30. The molecule has 0 aliphatic rings. The van der Waals surface area contributed by atoms with Crippen LogP contribution in [-0.4, -0.2) is 9.97 Å². The van der Waals surface area contributed by atoms with Gasteiger partial charge in [-0.2, -0.15) is 0 Å². The number of pyridine rings is 2. The van der Waals surface area contributed by atoms with Crippen LogP contribution in [0.2, 0.25) is 0 Å². The molecule has 2 heterocycles. The summed E-state index contributed by atoms with van der Waals surface area (Å²) >= 11 is 0. The van der Waals surface area contributed by atoms with Gasteiger partial charge in [-0.3, -0.25) is 4.79 Å². The lowest BCUT2D eigenvalue weighted by atomic mass is 10.1. The quantitative estimate of drug-likeness (QED) is 0.778. The summed E-state index contributed by atoms with van der Waals surface area (Å²) in [5, 5.41) is 3.49. The number of benzene rings is 1. The first-order valence-corrected chi connectivity index (χ1v) is 6.30. The summed E-state index contributed by atoms with van der Waals surface area (Å²) in [4.78, 5) is 18.0. The van der Waals surface area contributed by atoms with E-state index in [9.17, 15) is 13.6 Å². The molecule has 0 saturated carbocycles. The lowest BCUT2D eigenvalue weighted by Crippen LogP contribution is -2.11. The van der Waals surface area contributed by atoms with Crippen molar-refractivity contribution >= 4 is 16.7 Å². The molecule has 2 aromatic heterocycles. The topological polar surface area (TPSA) is 57.8 Å². The maximum atomic E-state index is 13.7. The molecular weight excluding hydrogens is 276 g/mol. The highest BCUT2D eigenvalue weighted by Crippen LogP contribution is 2.21. The van der Waals surface area contributed by atoms with E-state index >= 15 is 0 Å². The Morgan fingerprint density at radius 3 is 2.81 bits per heavy atom. The molecule has 1 aromatic carbocycles. The minimum Gasteiger partial charge on any atom is -0.366 e. The van der Waals surface area contributed by atoms with Crippen molar-refractivity contribution in [3.05, 3.63) is 70.1 Å². The van der Waals surface area contributed by atoms with Crippen LogP contribution < -0.4 is 10.9 Å². The van der Waals surface area contributed by atoms with Gasteiger partial charge >= 0.3 is 0 Å². The molecule has 4 nitrogen and oxygen atoms in total. The molecule has 0 saturated heterocycles. The molecule has 0 spiro atoms. The number of aromatic nitrogens is 2. The second kappa shape index (κ2) is 5.32. The monoisotopic (exact) mass is 287 g/mol. The van der Waals surface area contributed by atoms with Crippen LogP contribution in [0.25, 0.3) is 10.9 Å². The van der Waals surface area contributed by atoms with Crippen LogP contribution in [0.15, 0.2) is 47.4 Å².